The second-order valence-electron chi connectivity index (χ2n) is 9.78. The molecule has 7 heteroatoms. The van der Waals surface area contributed by atoms with Gasteiger partial charge in [0, 0.05) is 19.6 Å². The van der Waals surface area contributed by atoms with Crippen LogP contribution in [0.2, 0.25) is 0 Å². The molecule has 2 fully saturated rings. The van der Waals surface area contributed by atoms with Gasteiger partial charge in [0.25, 0.3) is 5.56 Å². The van der Waals surface area contributed by atoms with Crippen molar-refractivity contribution in [2.75, 3.05) is 44.2 Å². The molecule has 0 aliphatic carbocycles. The van der Waals surface area contributed by atoms with Crippen LogP contribution in [0, 0.1) is 5.92 Å². The molecule has 0 spiro atoms. The molecular formula is C28H35N5O2. The first kappa shape index (κ1) is 23.5. The Labute approximate surface area is 206 Å². The smallest absolute Gasteiger partial charge is 0.294 e. The van der Waals surface area contributed by atoms with Crippen LogP contribution in [0.4, 0.5) is 5.82 Å². The summed E-state index contributed by atoms with van der Waals surface area (Å²) in [5.41, 5.74) is 2.60. The van der Waals surface area contributed by atoms with Gasteiger partial charge in [0.2, 0.25) is 5.91 Å². The summed E-state index contributed by atoms with van der Waals surface area (Å²) in [4.78, 5) is 35.8. The predicted octanol–water partition coefficient (Wildman–Crippen LogP) is 3.26. The number of aromatic nitrogens is 2. The van der Waals surface area contributed by atoms with Crippen molar-refractivity contribution in [2.45, 2.75) is 38.6 Å². The fourth-order valence-corrected chi connectivity index (χ4v) is 5.36. The number of fused-ring (bicyclic) bond motifs is 1. The van der Waals surface area contributed by atoms with Crippen molar-refractivity contribution in [1.29, 1.82) is 0 Å². The van der Waals surface area contributed by atoms with E-state index in [1.807, 2.05) is 64.1 Å². The van der Waals surface area contributed by atoms with E-state index in [1.165, 1.54) is 25.9 Å². The van der Waals surface area contributed by atoms with E-state index in [9.17, 15) is 9.59 Å². The molecule has 2 saturated heterocycles. The van der Waals surface area contributed by atoms with Gasteiger partial charge in [-0.15, -0.1) is 0 Å². The summed E-state index contributed by atoms with van der Waals surface area (Å²) < 4.78 is 1.81. The summed E-state index contributed by atoms with van der Waals surface area (Å²) in [6, 6.07) is 17.8. The third-order valence-corrected chi connectivity index (χ3v) is 7.26. The lowest BCUT2D eigenvalue weighted by atomic mass is 9.97. The number of piperidine rings is 1. The fraction of sp³-hybridized carbons (Fsp3) is 0.464. The Morgan fingerprint density at radius 3 is 2.57 bits per heavy atom. The minimum Gasteiger partial charge on any atom is -0.356 e. The van der Waals surface area contributed by atoms with Gasteiger partial charge in [-0.3, -0.25) is 14.2 Å². The molecule has 2 aromatic carbocycles. The molecule has 1 atom stereocenters. The Bertz CT molecular complexity index is 1200. The molecule has 1 N–H and O–H groups in total. The number of para-hydroxylation sites is 2. The SMILES string of the molecule is O=C(NCCCN1CCCC1)C1CCCN(c2nc3ccccc3n(Cc3ccccc3)c2=O)C1. The lowest BCUT2D eigenvalue weighted by molar-refractivity contribution is -0.125. The number of hydrogen-bond donors (Lipinski definition) is 1. The highest BCUT2D eigenvalue weighted by Crippen LogP contribution is 2.22. The maximum atomic E-state index is 13.7. The van der Waals surface area contributed by atoms with Gasteiger partial charge < -0.3 is 15.1 Å². The standard InChI is InChI=1S/C28H35N5O2/c34-27(29-15-9-18-31-16-6-7-17-31)23-12-8-19-32(21-23)26-28(35)33(20-22-10-2-1-3-11-22)25-14-5-4-13-24(25)30-26/h1-5,10-11,13-14,23H,6-9,12,15-21H2,(H,29,34). The van der Waals surface area contributed by atoms with Gasteiger partial charge >= 0.3 is 0 Å². The Balaban J connectivity index is 1.30. The lowest BCUT2D eigenvalue weighted by Crippen LogP contribution is -2.46. The lowest BCUT2D eigenvalue weighted by Gasteiger charge is -2.33. The van der Waals surface area contributed by atoms with Crippen molar-refractivity contribution in [3.63, 3.8) is 0 Å². The molecule has 184 valence electrons. The molecule has 7 nitrogen and oxygen atoms in total. The zero-order valence-corrected chi connectivity index (χ0v) is 20.4. The zero-order chi connectivity index (χ0) is 24.0. The third kappa shape index (κ3) is 5.56. The van der Waals surface area contributed by atoms with Gasteiger partial charge in [-0.25, -0.2) is 4.98 Å². The van der Waals surface area contributed by atoms with Crippen LogP contribution in [0.3, 0.4) is 0 Å². The Kier molecular flexibility index (Phi) is 7.42. The van der Waals surface area contributed by atoms with Crippen LogP contribution >= 0.6 is 0 Å². The molecule has 1 unspecified atom stereocenters. The van der Waals surface area contributed by atoms with Gasteiger partial charge in [-0.1, -0.05) is 42.5 Å². The van der Waals surface area contributed by atoms with Crippen molar-refractivity contribution >= 4 is 22.8 Å². The molecule has 0 saturated carbocycles. The second-order valence-corrected chi connectivity index (χ2v) is 9.78. The summed E-state index contributed by atoms with van der Waals surface area (Å²) in [5.74, 6) is 0.429. The molecule has 0 bridgehead atoms. The molecule has 0 radical (unpaired) electrons. The van der Waals surface area contributed by atoms with Crippen molar-refractivity contribution in [1.82, 2.24) is 19.8 Å². The largest absolute Gasteiger partial charge is 0.356 e. The van der Waals surface area contributed by atoms with Crippen LogP contribution in [0.5, 0.6) is 0 Å². The number of nitrogens with zero attached hydrogens (tertiary/aromatic N) is 4. The number of nitrogens with one attached hydrogen (secondary N) is 1. The van der Waals surface area contributed by atoms with E-state index in [1.54, 1.807) is 0 Å². The van der Waals surface area contributed by atoms with Gasteiger partial charge in [0.05, 0.1) is 23.5 Å². The highest BCUT2D eigenvalue weighted by molar-refractivity contribution is 5.80. The van der Waals surface area contributed by atoms with Crippen LogP contribution in [0.1, 0.15) is 37.7 Å². The van der Waals surface area contributed by atoms with E-state index in [4.69, 9.17) is 4.98 Å². The van der Waals surface area contributed by atoms with Crippen LogP contribution in [-0.2, 0) is 11.3 Å². The number of carbonyl (C=O) groups excluding carboxylic acids is 1. The summed E-state index contributed by atoms with van der Waals surface area (Å²) in [7, 11) is 0. The Morgan fingerprint density at radius 1 is 0.971 bits per heavy atom. The predicted molar refractivity (Wildman–Crippen MR) is 140 cm³/mol. The normalized spacial score (nSPS) is 18.7. The topological polar surface area (TPSA) is 70.5 Å². The van der Waals surface area contributed by atoms with E-state index in [0.717, 1.165) is 48.9 Å². The molecule has 3 aromatic rings. The van der Waals surface area contributed by atoms with Crippen molar-refractivity contribution in [2.24, 2.45) is 5.92 Å². The number of rotatable bonds is 8. The monoisotopic (exact) mass is 473 g/mol. The highest BCUT2D eigenvalue weighted by atomic mass is 16.2. The first-order valence-electron chi connectivity index (χ1n) is 13.0. The summed E-state index contributed by atoms with van der Waals surface area (Å²) in [6.07, 6.45) is 5.29. The molecule has 3 heterocycles. The maximum absolute atomic E-state index is 13.7. The quantitative estimate of drug-likeness (QED) is 0.509. The van der Waals surface area contributed by atoms with E-state index in [-0.39, 0.29) is 17.4 Å². The molecule has 2 aliphatic rings. The molecule has 1 aromatic heterocycles. The first-order valence-corrected chi connectivity index (χ1v) is 13.0. The molecule has 1 amide bonds. The average Bonchev–Trinajstić information content (AvgIpc) is 3.42. The number of likely N-dealkylation sites (tertiary alicyclic amines) is 1. The van der Waals surface area contributed by atoms with E-state index >= 15 is 0 Å². The van der Waals surface area contributed by atoms with Gasteiger partial charge in [-0.2, -0.15) is 0 Å². The Hall–Kier alpha value is -3.19. The maximum Gasteiger partial charge on any atom is 0.294 e. The molecule has 35 heavy (non-hydrogen) atoms. The van der Waals surface area contributed by atoms with Gasteiger partial charge in [-0.05, 0) is 69.4 Å². The van der Waals surface area contributed by atoms with Crippen molar-refractivity contribution in [3.05, 3.63) is 70.5 Å². The molecular weight excluding hydrogens is 438 g/mol. The van der Waals surface area contributed by atoms with Crippen molar-refractivity contribution < 1.29 is 4.79 Å². The second kappa shape index (κ2) is 11.0. The van der Waals surface area contributed by atoms with Gasteiger partial charge in [0.15, 0.2) is 5.82 Å². The summed E-state index contributed by atoms with van der Waals surface area (Å²) in [6.45, 7) is 5.90. The summed E-state index contributed by atoms with van der Waals surface area (Å²) >= 11 is 0. The fourth-order valence-electron chi connectivity index (χ4n) is 5.36. The van der Waals surface area contributed by atoms with E-state index in [2.05, 4.69) is 10.2 Å². The highest BCUT2D eigenvalue weighted by Gasteiger charge is 2.28. The van der Waals surface area contributed by atoms with Crippen LogP contribution in [0.15, 0.2) is 59.4 Å². The van der Waals surface area contributed by atoms with Crippen LogP contribution < -0.4 is 15.8 Å². The van der Waals surface area contributed by atoms with E-state index in [0.29, 0.717) is 25.5 Å². The number of hydrogen-bond acceptors (Lipinski definition) is 5. The van der Waals surface area contributed by atoms with Crippen molar-refractivity contribution in [3.8, 4) is 0 Å². The Morgan fingerprint density at radius 2 is 1.74 bits per heavy atom. The van der Waals surface area contributed by atoms with E-state index < -0.39 is 0 Å². The number of carbonyl (C=O) groups is 1. The number of anilines is 1. The number of benzene rings is 2. The van der Waals surface area contributed by atoms with Gasteiger partial charge in [0.1, 0.15) is 0 Å². The zero-order valence-electron chi connectivity index (χ0n) is 20.4. The third-order valence-electron chi connectivity index (χ3n) is 7.26. The van der Waals surface area contributed by atoms with Crippen LogP contribution in [0.25, 0.3) is 11.0 Å². The first-order chi connectivity index (χ1) is 17.2. The average molecular weight is 474 g/mol. The van der Waals surface area contributed by atoms with Crippen LogP contribution in [-0.4, -0.2) is 59.6 Å². The molecule has 5 rings (SSSR count). The summed E-state index contributed by atoms with van der Waals surface area (Å²) in [5, 5.41) is 3.14. The minimum absolute atomic E-state index is 0.0979. The minimum atomic E-state index is -0.120. The molecule has 2 aliphatic heterocycles. The number of amides is 1.